The highest BCUT2D eigenvalue weighted by Gasteiger charge is 2.27. The standard InChI is InChI=1S/C20H18N2O4S/c1-25-15-9-12-7-8-22-19(14(12)10-16(15)26-2)18(11-21)27-17-6-4-3-5-13(17)20(23)24/h3-6,9-10,18H,7-8H2,1-2H3,(H,23,24). The first kappa shape index (κ1) is 18.8. The van der Waals surface area contributed by atoms with Crippen molar-refractivity contribution in [3.8, 4) is 17.6 Å². The summed E-state index contributed by atoms with van der Waals surface area (Å²) in [6, 6.07) is 12.7. The second-order valence-corrected chi connectivity index (χ2v) is 6.96. The third-order valence-electron chi connectivity index (χ3n) is 4.28. The smallest absolute Gasteiger partial charge is 0.336 e. The zero-order chi connectivity index (χ0) is 19.4. The zero-order valence-corrected chi connectivity index (χ0v) is 15.7. The van der Waals surface area contributed by atoms with Gasteiger partial charge in [0.1, 0.15) is 5.25 Å². The molecule has 6 nitrogen and oxygen atoms in total. The monoisotopic (exact) mass is 382 g/mol. The van der Waals surface area contributed by atoms with Crippen molar-refractivity contribution in [2.24, 2.45) is 4.99 Å². The van der Waals surface area contributed by atoms with Gasteiger partial charge in [-0.05, 0) is 36.2 Å². The molecule has 3 rings (SSSR count). The molecule has 0 bridgehead atoms. The van der Waals surface area contributed by atoms with Crippen molar-refractivity contribution in [1.29, 1.82) is 5.26 Å². The highest BCUT2D eigenvalue weighted by Crippen LogP contribution is 2.36. The van der Waals surface area contributed by atoms with Crippen molar-refractivity contribution in [1.82, 2.24) is 0 Å². The highest BCUT2D eigenvalue weighted by atomic mass is 32.2. The lowest BCUT2D eigenvalue weighted by Gasteiger charge is -2.22. The number of thioether (sulfide) groups is 1. The molecule has 2 aromatic carbocycles. The Labute approximate surface area is 161 Å². The molecule has 0 radical (unpaired) electrons. The fourth-order valence-electron chi connectivity index (χ4n) is 2.99. The van der Waals surface area contributed by atoms with Gasteiger partial charge in [0.05, 0.1) is 31.6 Å². The number of carbonyl (C=O) groups is 1. The van der Waals surface area contributed by atoms with Crippen molar-refractivity contribution in [2.75, 3.05) is 20.8 Å². The molecule has 1 heterocycles. The summed E-state index contributed by atoms with van der Waals surface area (Å²) in [6.45, 7) is 0.567. The van der Waals surface area contributed by atoms with Gasteiger partial charge in [0.25, 0.3) is 0 Å². The lowest BCUT2D eigenvalue weighted by molar-refractivity contribution is 0.0693. The number of carboxylic acids is 1. The first-order valence-corrected chi connectivity index (χ1v) is 9.15. The minimum Gasteiger partial charge on any atom is -0.493 e. The number of nitriles is 1. The summed E-state index contributed by atoms with van der Waals surface area (Å²) >= 11 is 1.19. The number of rotatable bonds is 6. The van der Waals surface area contributed by atoms with Crippen LogP contribution in [0.2, 0.25) is 0 Å². The molecule has 1 aliphatic rings. The Morgan fingerprint density at radius 2 is 1.96 bits per heavy atom. The fraction of sp³-hybridized carbons (Fsp3) is 0.250. The quantitative estimate of drug-likeness (QED) is 0.770. The lowest BCUT2D eigenvalue weighted by atomic mass is 9.95. The first-order valence-electron chi connectivity index (χ1n) is 8.27. The number of hydrogen-bond acceptors (Lipinski definition) is 6. The number of nitrogens with zero attached hydrogens (tertiary/aromatic N) is 2. The summed E-state index contributed by atoms with van der Waals surface area (Å²) in [6.07, 6.45) is 0.744. The molecule has 27 heavy (non-hydrogen) atoms. The molecular weight excluding hydrogens is 364 g/mol. The molecule has 138 valence electrons. The van der Waals surface area contributed by atoms with Gasteiger partial charge in [-0.15, -0.1) is 0 Å². The molecule has 0 fully saturated rings. The minimum atomic E-state index is -1.02. The summed E-state index contributed by atoms with van der Waals surface area (Å²) in [5.41, 5.74) is 2.67. The molecule has 0 saturated heterocycles. The van der Waals surface area contributed by atoms with Crippen LogP contribution in [0.5, 0.6) is 11.5 Å². The van der Waals surface area contributed by atoms with Gasteiger partial charge in [0.2, 0.25) is 0 Å². The average Bonchev–Trinajstić information content (AvgIpc) is 2.70. The average molecular weight is 382 g/mol. The number of benzene rings is 2. The van der Waals surface area contributed by atoms with Crippen LogP contribution in [0.3, 0.4) is 0 Å². The summed E-state index contributed by atoms with van der Waals surface area (Å²) < 4.78 is 10.7. The highest BCUT2D eigenvalue weighted by molar-refractivity contribution is 8.01. The number of aliphatic imine (C=N–C) groups is 1. The molecule has 0 saturated carbocycles. The third-order valence-corrected chi connectivity index (χ3v) is 5.45. The number of methoxy groups -OCH3 is 2. The van der Waals surface area contributed by atoms with E-state index in [4.69, 9.17) is 9.47 Å². The Balaban J connectivity index is 2.00. The molecule has 1 atom stereocenters. The van der Waals surface area contributed by atoms with Crippen LogP contribution in [0.4, 0.5) is 0 Å². The molecule has 1 aliphatic heterocycles. The van der Waals surface area contributed by atoms with Crippen LogP contribution in [0.25, 0.3) is 0 Å². The molecule has 0 amide bonds. The molecule has 0 aromatic heterocycles. The van der Waals surface area contributed by atoms with Crippen LogP contribution in [-0.2, 0) is 6.42 Å². The Morgan fingerprint density at radius 3 is 2.63 bits per heavy atom. The summed E-state index contributed by atoms with van der Waals surface area (Å²) in [7, 11) is 3.14. The maximum atomic E-state index is 11.5. The van der Waals surface area contributed by atoms with E-state index in [1.165, 1.54) is 17.8 Å². The third kappa shape index (κ3) is 3.76. The van der Waals surface area contributed by atoms with Gasteiger partial charge in [-0.25, -0.2) is 4.79 Å². The summed E-state index contributed by atoms with van der Waals surface area (Å²) in [5, 5.41) is 18.5. The van der Waals surface area contributed by atoms with Crippen LogP contribution in [0.15, 0.2) is 46.3 Å². The lowest BCUT2D eigenvalue weighted by Crippen LogP contribution is -2.23. The van der Waals surface area contributed by atoms with E-state index in [2.05, 4.69) is 11.1 Å². The van der Waals surface area contributed by atoms with Crippen molar-refractivity contribution in [3.05, 3.63) is 53.1 Å². The van der Waals surface area contributed by atoms with Gasteiger partial charge in [-0.2, -0.15) is 5.26 Å². The predicted molar refractivity (Wildman–Crippen MR) is 103 cm³/mol. The van der Waals surface area contributed by atoms with E-state index in [9.17, 15) is 15.2 Å². The second-order valence-electron chi connectivity index (χ2n) is 5.81. The van der Waals surface area contributed by atoms with E-state index >= 15 is 0 Å². The van der Waals surface area contributed by atoms with Crippen LogP contribution in [0, 0.1) is 11.3 Å². The van der Waals surface area contributed by atoms with E-state index in [1.54, 1.807) is 32.4 Å². The Bertz CT molecular complexity index is 949. The molecular formula is C20H18N2O4S. The van der Waals surface area contributed by atoms with Crippen LogP contribution < -0.4 is 9.47 Å². The van der Waals surface area contributed by atoms with Gasteiger partial charge in [0.15, 0.2) is 11.5 Å². The number of aromatic carboxylic acids is 1. The summed E-state index contributed by atoms with van der Waals surface area (Å²) in [4.78, 5) is 16.6. The number of hydrogen-bond donors (Lipinski definition) is 1. The topological polar surface area (TPSA) is 91.9 Å². The minimum absolute atomic E-state index is 0.173. The van der Waals surface area contributed by atoms with E-state index in [-0.39, 0.29) is 5.56 Å². The molecule has 2 aromatic rings. The van der Waals surface area contributed by atoms with Crippen molar-refractivity contribution < 1.29 is 19.4 Å². The fourth-order valence-corrected chi connectivity index (χ4v) is 4.05. The van der Waals surface area contributed by atoms with Gasteiger partial charge in [0, 0.05) is 17.0 Å². The van der Waals surface area contributed by atoms with Gasteiger partial charge >= 0.3 is 5.97 Å². The van der Waals surface area contributed by atoms with Crippen LogP contribution in [0.1, 0.15) is 21.5 Å². The molecule has 7 heteroatoms. The first-order chi connectivity index (χ1) is 13.1. The summed E-state index contributed by atoms with van der Waals surface area (Å²) in [5.74, 6) is 0.181. The van der Waals surface area contributed by atoms with Crippen LogP contribution in [-0.4, -0.2) is 42.8 Å². The number of carboxylic acid groups (broad SMARTS) is 1. The van der Waals surface area contributed by atoms with Crippen molar-refractivity contribution in [2.45, 2.75) is 16.6 Å². The largest absolute Gasteiger partial charge is 0.493 e. The number of fused-ring (bicyclic) bond motifs is 1. The van der Waals surface area contributed by atoms with Gasteiger partial charge < -0.3 is 14.6 Å². The van der Waals surface area contributed by atoms with Crippen LogP contribution >= 0.6 is 11.8 Å². The van der Waals surface area contributed by atoms with Gasteiger partial charge in [-0.3, -0.25) is 4.99 Å². The predicted octanol–water partition coefficient (Wildman–Crippen LogP) is 3.43. The normalized spacial score (nSPS) is 13.7. The van der Waals surface area contributed by atoms with Gasteiger partial charge in [-0.1, -0.05) is 23.9 Å². The Kier molecular flexibility index (Phi) is 5.67. The van der Waals surface area contributed by atoms with Crippen molar-refractivity contribution >= 4 is 23.4 Å². The SMILES string of the molecule is COc1cc2c(cc1OC)C(C(C#N)Sc1ccccc1C(=O)O)=NCC2. The molecule has 1 unspecified atom stereocenters. The molecule has 1 N–H and O–H groups in total. The molecule has 0 spiro atoms. The Morgan fingerprint density at radius 1 is 1.26 bits per heavy atom. The second kappa shape index (κ2) is 8.14. The maximum Gasteiger partial charge on any atom is 0.336 e. The van der Waals surface area contributed by atoms with E-state index in [1.807, 2.05) is 12.1 Å². The zero-order valence-electron chi connectivity index (χ0n) is 14.9. The van der Waals surface area contributed by atoms with E-state index in [0.29, 0.717) is 28.7 Å². The maximum absolute atomic E-state index is 11.5. The van der Waals surface area contributed by atoms with E-state index in [0.717, 1.165) is 17.5 Å². The molecule has 0 aliphatic carbocycles. The van der Waals surface area contributed by atoms with Crippen molar-refractivity contribution in [3.63, 3.8) is 0 Å². The van der Waals surface area contributed by atoms with E-state index < -0.39 is 11.2 Å². The Hall–Kier alpha value is -2.98. The number of ether oxygens (including phenoxy) is 2.